The quantitative estimate of drug-likeness (QED) is 0.0907. The Bertz CT molecular complexity index is 1820. The second-order valence-corrected chi connectivity index (χ2v) is 15.3. The van der Waals surface area contributed by atoms with Crippen LogP contribution in [0.1, 0.15) is 74.8 Å². The van der Waals surface area contributed by atoms with Crippen molar-refractivity contribution < 1.29 is 23.6 Å². The Hall–Kier alpha value is -4.15. The van der Waals surface area contributed by atoms with Crippen LogP contribution in [0.15, 0.2) is 89.5 Å². The van der Waals surface area contributed by atoms with Crippen LogP contribution in [0.4, 0.5) is 11.4 Å². The molecule has 3 heterocycles. The highest BCUT2D eigenvalue weighted by molar-refractivity contribution is 7.90. The number of anilines is 2. The zero-order valence-corrected chi connectivity index (χ0v) is 32.2. The molecule has 280 valence electrons. The van der Waals surface area contributed by atoms with Crippen LogP contribution in [0.2, 0.25) is 0 Å². The molecule has 2 atom stereocenters. The number of amides is 1. The van der Waals surface area contributed by atoms with Gasteiger partial charge in [-0.05, 0) is 140 Å². The third-order valence-electron chi connectivity index (χ3n) is 9.90. The molecule has 1 saturated heterocycles. The molecule has 1 N–H and O–H groups in total. The van der Waals surface area contributed by atoms with Crippen molar-refractivity contribution in [3.63, 3.8) is 0 Å². The third-order valence-corrected chi connectivity index (χ3v) is 11.3. The first-order chi connectivity index (χ1) is 25.9. The maximum Gasteiger partial charge on any atom is 0.251 e. The van der Waals surface area contributed by atoms with Crippen molar-refractivity contribution in [2.45, 2.75) is 82.5 Å². The molecule has 1 amide bonds. The summed E-state index contributed by atoms with van der Waals surface area (Å²) in [5, 5.41) is 3.11. The molecule has 2 aliphatic heterocycles. The number of carbonyl (C=O) groups excluding carboxylic acids is 1. The lowest BCUT2D eigenvalue weighted by Crippen LogP contribution is -2.34. The number of fused-ring (bicyclic) bond motifs is 1. The van der Waals surface area contributed by atoms with E-state index in [2.05, 4.69) is 71.5 Å². The number of hydrogen-bond acceptors (Lipinski definition) is 7. The molecule has 1 fully saturated rings. The number of pyridine rings is 1. The topological polar surface area (TPSA) is 96.0 Å². The molecule has 0 spiro atoms. The van der Waals surface area contributed by atoms with Crippen molar-refractivity contribution >= 4 is 34.5 Å². The Morgan fingerprint density at radius 2 is 1.79 bits per heavy atom. The van der Waals surface area contributed by atoms with Crippen LogP contribution in [-0.4, -0.2) is 61.1 Å². The number of ether oxygens (including phenoxy) is 3. The SMILES string of the molecule is CCCCOCCOc1ccc(-c2ccc3c(c2)/C=C(/C(=O)Nc2ccc([S@+]([O-])Cc4cnc(C)cc4CC)cc2)CCCN3C[C@H]2CCCO2)cc1. The minimum atomic E-state index is -1.23. The maximum absolute atomic E-state index is 13.8. The Kier molecular flexibility index (Phi) is 14.0. The van der Waals surface area contributed by atoms with E-state index in [4.69, 9.17) is 14.2 Å². The first-order valence-electron chi connectivity index (χ1n) is 19.2. The van der Waals surface area contributed by atoms with E-state index >= 15 is 0 Å². The van der Waals surface area contributed by atoms with Gasteiger partial charge in [-0.2, -0.15) is 0 Å². The molecule has 0 aliphatic carbocycles. The predicted molar refractivity (Wildman–Crippen MR) is 215 cm³/mol. The Balaban J connectivity index is 1.17. The molecule has 1 aromatic heterocycles. The Morgan fingerprint density at radius 3 is 2.55 bits per heavy atom. The van der Waals surface area contributed by atoms with Crippen LogP contribution in [0, 0.1) is 6.92 Å². The second-order valence-electron chi connectivity index (χ2n) is 13.9. The van der Waals surface area contributed by atoms with Gasteiger partial charge in [0.1, 0.15) is 18.1 Å². The summed E-state index contributed by atoms with van der Waals surface area (Å²) < 4.78 is 30.8. The van der Waals surface area contributed by atoms with E-state index in [1.807, 2.05) is 49.5 Å². The van der Waals surface area contributed by atoms with Gasteiger partial charge in [-0.1, -0.05) is 38.5 Å². The zero-order chi connectivity index (χ0) is 37.0. The highest BCUT2D eigenvalue weighted by Gasteiger charge is 2.24. The number of nitrogens with zero attached hydrogens (tertiary/aromatic N) is 2. The van der Waals surface area contributed by atoms with Crippen LogP contribution in [0.5, 0.6) is 5.75 Å². The maximum atomic E-state index is 13.8. The van der Waals surface area contributed by atoms with E-state index < -0.39 is 11.2 Å². The first-order valence-corrected chi connectivity index (χ1v) is 20.5. The highest BCUT2D eigenvalue weighted by atomic mass is 32.2. The first kappa shape index (κ1) is 38.6. The highest BCUT2D eigenvalue weighted by Crippen LogP contribution is 2.34. The normalized spacial score (nSPS) is 17.3. The van der Waals surface area contributed by atoms with E-state index in [1.165, 1.54) is 5.56 Å². The summed E-state index contributed by atoms with van der Waals surface area (Å²) in [7, 11) is 0. The van der Waals surface area contributed by atoms with Crippen LogP contribution in [0.3, 0.4) is 0 Å². The van der Waals surface area contributed by atoms with Crippen molar-refractivity contribution in [2.75, 3.05) is 49.7 Å². The van der Waals surface area contributed by atoms with Crippen molar-refractivity contribution in [3.05, 3.63) is 107 Å². The van der Waals surface area contributed by atoms with Crippen molar-refractivity contribution in [1.29, 1.82) is 0 Å². The van der Waals surface area contributed by atoms with Gasteiger partial charge in [0.15, 0.2) is 4.90 Å². The predicted octanol–water partition coefficient (Wildman–Crippen LogP) is 8.92. The molecule has 6 rings (SSSR count). The number of nitrogens with one attached hydrogen (secondary N) is 1. The summed E-state index contributed by atoms with van der Waals surface area (Å²) in [6.45, 7) is 10.6. The number of hydrogen-bond donors (Lipinski definition) is 1. The van der Waals surface area contributed by atoms with Gasteiger partial charge < -0.3 is 29.0 Å². The van der Waals surface area contributed by atoms with Crippen LogP contribution in [0.25, 0.3) is 17.2 Å². The molecular formula is C44H53N3O5S. The minimum Gasteiger partial charge on any atom is -0.611 e. The molecular weight excluding hydrogens is 683 g/mol. The number of benzene rings is 3. The van der Waals surface area contributed by atoms with Gasteiger partial charge in [0.05, 0.1) is 12.7 Å². The van der Waals surface area contributed by atoms with E-state index in [0.717, 1.165) is 115 Å². The number of carbonyl (C=O) groups is 1. The average molecular weight is 736 g/mol. The molecule has 3 aromatic carbocycles. The van der Waals surface area contributed by atoms with Crippen molar-refractivity contribution in [3.8, 4) is 16.9 Å². The summed E-state index contributed by atoms with van der Waals surface area (Å²) in [5.41, 5.74) is 8.83. The fraction of sp³-hybridized carbons (Fsp3) is 0.409. The molecule has 53 heavy (non-hydrogen) atoms. The number of rotatable bonds is 16. The van der Waals surface area contributed by atoms with Gasteiger partial charge in [-0.15, -0.1) is 0 Å². The molecule has 0 saturated carbocycles. The fourth-order valence-electron chi connectivity index (χ4n) is 6.92. The monoisotopic (exact) mass is 735 g/mol. The van der Waals surface area contributed by atoms with Gasteiger partial charge in [0.25, 0.3) is 5.91 Å². The van der Waals surface area contributed by atoms with E-state index in [-0.39, 0.29) is 12.0 Å². The Morgan fingerprint density at radius 1 is 0.981 bits per heavy atom. The van der Waals surface area contributed by atoms with Gasteiger partial charge >= 0.3 is 0 Å². The van der Waals surface area contributed by atoms with Gasteiger partial charge in [-0.25, -0.2) is 0 Å². The van der Waals surface area contributed by atoms with E-state index in [9.17, 15) is 9.35 Å². The summed E-state index contributed by atoms with van der Waals surface area (Å²) in [5.74, 6) is 1.10. The van der Waals surface area contributed by atoms with E-state index in [1.54, 1.807) is 0 Å². The second kappa shape index (κ2) is 19.3. The van der Waals surface area contributed by atoms with Gasteiger partial charge in [-0.3, -0.25) is 9.78 Å². The van der Waals surface area contributed by atoms with Crippen LogP contribution < -0.4 is 15.0 Å². The average Bonchev–Trinajstić information content (AvgIpc) is 3.69. The molecule has 4 aromatic rings. The lowest BCUT2D eigenvalue weighted by Gasteiger charge is -2.31. The van der Waals surface area contributed by atoms with Crippen LogP contribution >= 0.6 is 0 Å². The lowest BCUT2D eigenvalue weighted by molar-refractivity contribution is -0.112. The molecule has 0 radical (unpaired) electrons. The van der Waals surface area contributed by atoms with Crippen LogP contribution in [-0.2, 0) is 37.6 Å². The summed E-state index contributed by atoms with van der Waals surface area (Å²) >= 11 is -1.23. The lowest BCUT2D eigenvalue weighted by atomic mass is 9.96. The van der Waals surface area contributed by atoms with Crippen molar-refractivity contribution in [1.82, 2.24) is 4.98 Å². The summed E-state index contributed by atoms with van der Waals surface area (Å²) in [6, 6.07) is 24.1. The van der Waals surface area contributed by atoms with Crippen molar-refractivity contribution in [2.24, 2.45) is 0 Å². The smallest absolute Gasteiger partial charge is 0.251 e. The Labute approximate surface area is 318 Å². The minimum absolute atomic E-state index is 0.124. The summed E-state index contributed by atoms with van der Waals surface area (Å²) in [4.78, 5) is 21.4. The zero-order valence-electron chi connectivity index (χ0n) is 31.4. The number of unbranched alkanes of at least 4 members (excludes halogenated alkanes) is 1. The molecule has 0 unspecified atom stereocenters. The fourth-order valence-corrected chi connectivity index (χ4v) is 8.07. The molecule has 2 aliphatic rings. The van der Waals surface area contributed by atoms with Gasteiger partial charge in [0.2, 0.25) is 0 Å². The standard InChI is InChI=1S/C44H53N3O5S/c1-4-6-22-50-24-25-52-40-16-11-34(12-17-40)35-13-20-43-37(27-35)28-36(9-7-21-47(43)30-41-10-8-23-51-41)44(48)46-39-14-18-42(19-15-39)53(49)31-38-29-45-32(3)26-33(38)5-2/h11-20,26-29,41H,4-10,21-25,30-31H2,1-3H3,(H,46,48)/b36-28+/t41-,53-/m1/s1. The summed E-state index contributed by atoms with van der Waals surface area (Å²) in [6.07, 6.45) is 10.8. The van der Waals surface area contributed by atoms with E-state index in [0.29, 0.717) is 31.1 Å². The number of aromatic nitrogens is 1. The third kappa shape index (κ3) is 10.7. The molecule has 0 bridgehead atoms. The van der Waals surface area contributed by atoms with Gasteiger partial charge in [0, 0.05) is 60.7 Å². The number of aryl methyl sites for hydroxylation is 2. The molecule has 9 heteroatoms. The molecule has 8 nitrogen and oxygen atoms in total. The largest absolute Gasteiger partial charge is 0.611 e.